The number of fused-ring (bicyclic) bond motifs is 1. The van der Waals surface area contributed by atoms with E-state index in [4.69, 9.17) is 23.2 Å². The van der Waals surface area contributed by atoms with Crippen LogP contribution >= 0.6 is 34.5 Å². The van der Waals surface area contributed by atoms with Crippen LogP contribution in [0.3, 0.4) is 0 Å². The molecule has 1 amide bonds. The largest absolute Gasteiger partial charge is 0.325 e. The molecule has 3 rings (SSSR count). The van der Waals surface area contributed by atoms with E-state index in [1.807, 2.05) is 31.2 Å². The molecule has 1 heterocycles. The number of thiazole rings is 1. The Kier molecular flexibility index (Phi) is 5.39. The molecule has 124 valence electrons. The number of benzene rings is 2. The highest BCUT2D eigenvalue weighted by Gasteiger charge is 2.14. The van der Waals surface area contributed by atoms with E-state index in [2.05, 4.69) is 10.3 Å². The average molecular weight is 379 g/mol. The second kappa shape index (κ2) is 7.51. The Morgan fingerprint density at radius 1 is 1.21 bits per heavy atom. The Morgan fingerprint density at radius 2 is 2.00 bits per heavy atom. The lowest BCUT2D eigenvalue weighted by Crippen LogP contribution is -2.11. The maximum absolute atomic E-state index is 12.0. The number of para-hydroxylation sites is 1. The van der Waals surface area contributed by atoms with Gasteiger partial charge in [0, 0.05) is 12.0 Å². The number of hydrogen-bond acceptors (Lipinski definition) is 3. The van der Waals surface area contributed by atoms with Crippen LogP contribution in [-0.4, -0.2) is 10.9 Å². The predicted molar refractivity (Wildman–Crippen MR) is 103 cm³/mol. The van der Waals surface area contributed by atoms with Crippen LogP contribution in [0.15, 0.2) is 36.4 Å². The standard InChI is InChI=1S/C18H16Cl2N2OS/c1-2-3-8-17(23)21-15-9-11(12(19)10-13(15)20)18-22-14-6-4-5-7-16(14)24-18/h4-7,9-10H,2-3,8H2,1H3,(H,21,23). The fraction of sp³-hybridized carbons (Fsp3) is 0.222. The molecule has 3 aromatic rings. The smallest absolute Gasteiger partial charge is 0.224 e. The minimum atomic E-state index is -0.0451. The molecule has 3 nitrogen and oxygen atoms in total. The van der Waals surface area contributed by atoms with Gasteiger partial charge in [0.15, 0.2) is 0 Å². The van der Waals surface area contributed by atoms with Gasteiger partial charge in [-0.15, -0.1) is 11.3 Å². The summed E-state index contributed by atoms with van der Waals surface area (Å²) in [6, 6.07) is 11.4. The SMILES string of the molecule is CCCCC(=O)Nc1cc(-c2nc3ccccc3s2)c(Cl)cc1Cl. The number of nitrogens with one attached hydrogen (secondary N) is 1. The Morgan fingerprint density at radius 3 is 2.75 bits per heavy atom. The number of aromatic nitrogens is 1. The molecular weight excluding hydrogens is 363 g/mol. The normalized spacial score (nSPS) is 11.0. The van der Waals surface area contributed by atoms with Gasteiger partial charge in [0.2, 0.25) is 5.91 Å². The Balaban J connectivity index is 1.96. The number of rotatable bonds is 5. The van der Waals surface area contributed by atoms with Crippen LogP contribution < -0.4 is 5.32 Å². The van der Waals surface area contributed by atoms with Crippen LogP contribution in [0.2, 0.25) is 10.0 Å². The average Bonchev–Trinajstić information content (AvgIpc) is 2.99. The summed E-state index contributed by atoms with van der Waals surface area (Å²) in [6.07, 6.45) is 2.30. The maximum Gasteiger partial charge on any atom is 0.224 e. The number of halogens is 2. The zero-order valence-electron chi connectivity index (χ0n) is 13.1. The van der Waals surface area contributed by atoms with Crippen molar-refractivity contribution >= 4 is 56.3 Å². The third-order valence-corrected chi connectivity index (χ3v) is 5.31. The minimum Gasteiger partial charge on any atom is -0.325 e. The van der Waals surface area contributed by atoms with Crippen molar-refractivity contribution < 1.29 is 4.79 Å². The first-order valence-corrected chi connectivity index (χ1v) is 9.30. The summed E-state index contributed by atoms with van der Waals surface area (Å²) >= 11 is 14.1. The van der Waals surface area contributed by atoms with Gasteiger partial charge in [-0.25, -0.2) is 4.98 Å². The summed E-state index contributed by atoms with van der Waals surface area (Å²) in [5, 5.41) is 4.62. The van der Waals surface area contributed by atoms with Crippen molar-refractivity contribution in [3.63, 3.8) is 0 Å². The molecule has 0 atom stereocenters. The quantitative estimate of drug-likeness (QED) is 0.557. The van der Waals surface area contributed by atoms with Gasteiger partial charge in [-0.3, -0.25) is 4.79 Å². The third kappa shape index (κ3) is 3.72. The topological polar surface area (TPSA) is 42.0 Å². The van der Waals surface area contributed by atoms with Crippen LogP contribution in [0.5, 0.6) is 0 Å². The zero-order valence-corrected chi connectivity index (χ0v) is 15.4. The third-order valence-electron chi connectivity index (χ3n) is 3.61. The molecule has 0 aliphatic rings. The number of carbonyl (C=O) groups excluding carboxylic acids is 1. The number of unbranched alkanes of at least 4 members (excludes halogenated alkanes) is 1. The molecule has 0 radical (unpaired) electrons. The monoisotopic (exact) mass is 378 g/mol. The van der Waals surface area contributed by atoms with Gasteiger partial charge in [0.05, 0.1) is 25.9 Å². The number of amides is 1. The van der Waals surface area contributed by atoms with Crippen molar-refractivity contribution in [2.24, 2.45) is 0 Å². The van der Waals surface area contributed by atoms with E-state index in [0.29, 0.717) is 22.2 Å². The maximum atomic E-state index is 12.0. The van der Waals surface area contributed by atoms with E-state index in [9.17, 15) is 4.79 Å². The summed E-state index contributed by atoms with van der Waals surface area (Å²) in [5.74, 6) is -0.0451. The molecule has 0 spiro atoms. The van der Waals surface area contributed by atoms with E-state index in [1.165, 1.54) is 0 Å². The molecule has 0 aliphatic heterocycles. The highest BCUT2D eigenvalue weighted by atomic mass is 35.5. The van der Waals surface area contributed by atoms with Crippen molar-refractivity contribution in [1.82, 2.24) is 4.98 Å². The zero-order chi connectivity index (χ0) is 17.1. The fourth-order valence-corrected chi connectivity index (χ4v) is 3.92. The second-order valence-electron chi connectivity index (χ2n) is 5.45. The summed E-state index contributed by atoms with van der Waals surface area (Å²) in [6.45, 7) is 2.05. The highest BCUT2D eigenvalue weighted by Crippen LogP contribution is 2.38. The van der Waals surface area contributed by atoms with E-state index < -0.39 is 0 Å². The summed E-state index contributed by atoms with van der Waals surface area (Å²) in [4.78, 5) is 16.6. The molecule has 1 N–H and O–H groups in total. The number of anilines is 1. The van der Waals surface area contributed by atoms with Gasteiger partial charge in [-0.05, 0) is 30.7 Å². The minimum absolute atomic E-state index is 0.0451. The van der Waals surface area contributed by atoms with E-state index in [-0.39, 0.29) is 5.91 Å². The van der Waals surface area contributed by atoms with Gasteiger partial charge in [0.25, 0.3) is 0 Å². The Hall–Kier alpha value is -1.62. The summed E-state index contributed by atoms with van der Waals surface area (Å²) < 4.78 is 1.09. The first-order chi connectivity index (χ1) is 11.6. The molecular formula is C18H16Cl2N2OS. The number of hydrogen-bond donors (Lipinski definition) is 1. The van der Waals surface area contributed by atoms with Crippen molar-refractivity contribution in [2.45, 2.75) is 26.2 Å². The van der Waals surface area contributed by atoms with Crippen molar-refractivity contribution in [3.8, 4) is 10.6 Å². The van der Waals surface area contributed by atoms with E-state index in [1.54, 1.807) is 23.5 Å². The number of nitrogens with zero attached hydrogens (tertiary/aromatic N) is 1. The van der Waals surface area contributed by atoms with Crippen LogP contribution in [0.1, 0.15) is 26.2 Å². The molecule has 0 unspecified atom stereocenters. The molecule has 0 aliphatic carbocycles. The van der Waals surface area contributed by atoms with E-state index in [0.717, 1.165) is 33.6 Å². The molecule has 24 heavy (non-hydrogen) atoms. The van der Waals surface area contributed by atoms with Gasteiger partial charge < -0.3 is 5.32 Å². The second-order valence-corrected chi connectivity index (χ2v) is 7.30. The fourth-order valence-electron chi connectivity index (χ4n) is 2.35. The summed E-state index contributed by atoms with van der Waals surface area (Å²) in [7, 11) is 0. The van der Waals surface area contributed by atoms with Crippen LogP contribution in [0.4, 0.5) is 5.69 Å². The van der Waals surface area contributed by atoms with Crippen LogP contribution in [-0.2, 0) is 4.79 Å². The number of carbonyl (C=O) groups is 1. The van der Waals surface area contributed by atoms with Gasteiger partial charge >= 0.3 is 0 Å². The van der Waals surface area contributed by atoms with Crippen molar-refractivity contribution in [2.75, 3.05) is 5.32 Å². The molecule has 0 fully saturated rings. The molecule has 6 heteroatoms. The lowest BCUT2D eigenvalue weighted by Gasteiger charge is -2.10. The molecule has 0 saturated carbocycles. The summed E-state index contributed by atoms with van der Waals surface area (Å²) in [5.41, 5.74) is 2.27. The molecule has 2 aromatic carbocycles. The van der Waals surface area contributed by atoms with E-state index >= 15 is 0 Å². The highest BCUT2D eigenvalue weighted by molar-refractivity contribution is 7.21. The van der Waals surface area contributed by atoms with Gasteiger partial charge in [0.1, 0.15) is 5.01 Å². The van der Waals surface area contributed by atoms with Crippen molar-refractivity contribution in [1.29, 1.82) is 0 Å². The molecule has 0 bridgehead atoms. The van der Waals surface area contributed by atoms with Crippen LogP contribution in [0, 0.1) is 0 Å². The Labute approximate surface area is 154 Å². The van der Waals surface area contributed by atoms with Gasteiger partial charge in [-0.1, -0.05) is 48.7 Å². The lowest BCUT2D eigenvalue weighted by atomic mass is 10.2. The predicted octanol–water partition coefficient (Wildman–Crippen LogP) is 6.40. The molecule has 0 saturated heterocycles. The molecule has 1 aromatic heterocycles. The first kappa shape index (κ1) is 17.2. The van der Waals surface area contributed by atoms with Crippen molar-refractivity contribution in [3.05, 3.63) is 46.4 Å². The van der Waals surface area contributed by atoms with Crippen LogP contribution in [0.25, 0.3) is 20.8 Å². The van der Waals surface area contributed by atoms with Gasteiger partial charge in [-0.2, -0.15) is 0 Å². The first-order valence-electron chi connectivity index (χ1n) is 7.73. The Bertz CT molecular complexity index is 859. The lowest BCUT2D eigenvalue weighted by molar-refractivity contribution is -0.116.